The molecule has 2 aliphatic rings. The molecule has 260 valence electrons. The van der Waals surface area contributed by atoms with Crippen molar-refractivity contribution < 1.29 is 0 Å². The van der Waals surface area contributed by atoms with E-state index >= 15 is 0 Å². The Bertz CT molecular complexity index is 3130. The molecule has 10 aromatic rings. The first-order valence-corrected chi connectivity index (χ1v) is 19.8. The fraction of sp³-hybridized carbons (Fsp3) is 0.0192. The monoisotopic (exact) mass is 729 g/mol. The molecule has 0 radical (unpaired) electrons. The Kier molecular flexibility index (Phi) is 6.72. The number of aromatic nitrogens is 3. The van der Waals surface area contributed by atoms with Crippen LogP contribution in [0.25, 0.3) is 87.7 Å². The maximum atomic E-state index is 5.24. The molecule has 0 bridgehead atoms. The second-order valence-electron chi connectivity index (χ2n) is 14.7. The predicted octanol–water partition coefficient (Wildman–Crippen LogP) is 13.3. The van der Waals surface area contributed by atoms with Crippen molar-refractivity contribution in [1.82, 2.24) is 15.0 Å². The SMILES string of the molecule is c1ccc(-c2nc(-c3ccc(-c4cccc5c4sc4ccccc45)cc3)nc(-c3ccc4c(c3)C3(c5ccccc5-c5ccccc53)c3ccccc3-4)n2)cc1. The van der Waals surface area contributed by atoms with E-state index in [4.69, 9.17) is 15.0 Å². The third-order valence-electron chi connectivity index (χ3n) is 11.8. The van der Waals surface area contributed by atoms with Crippen molar-refractivity contribution in [1.29, 1.82) is 0 Å². The van der Waals surface area contributed by atoms with Crippen molar-refractivity contribution in [2.24, 2.45) is 0 Å². The molecular weight excluding hydrogens is 699 g/mol. The van der Waals surface area contributed by atoms with Gasteiger partial charge >= 0.3 is 0 Å². The van der Waals surface area contributed by atoms with Gasteiger partial charge in [0, 0.05) is 36.9 Å². The Labute approximate surface area is 328 Å². The average Bonchev–Trinajstić information content (AvgIpc) is 3.91. The molecule has 0 amide bonds. The number of hydrogen-bond acceptors (Lipinski definition) is 4. The summed E-state index contributed by atoms with van der Waals surface area (Å²) in [6.45, 7) is 0. The highest BCUT2D eigenvalue weighted by Gasteiger charge is 2.51. The zero-order chi connectivity index (χ0) is 36.8. The lowest BCUT2D eigenvalue weighted by molar-refractivity contribution is 0.794. The molecule has 2 heterocycles. The van der Waals surface area contributed by atoms with Crippen LogP contribution in [0, 0.1) is 0 Å². The minimum Gasteiger partial charge on any atom is -0.208 e. The van der Waals surface area contributed by atoms with Crippen molar-refractivity contribution in [2.45, 2.75) is 5.41 Å². The molecule has 12 rings (SSSR count). The molecule has 0 saturated carbocycles. The maximum absolute atomic E-state index is 5.24. The van der Waals surface area contributed by atoms with E-state index in [1.165, 1.54) is 75.8 Å². The van der Waals surface area contributed by atoms with Crippen molar-refractivity contribution in [3.63, 3.8) is 0 Å². The lowest BCUT2D eigenvalue weighted by atomic mass is 9.70. The summed E-state index contributed by atoms with van der Waals surface area (Å²) in [5, 5.41) is 2.60. The van der Waals surface area contributed by atoms with Gasteiger partial charge < -0.3 is 0 Å². The maximum Gasteiger partial charge on any atom is 0.164 e. The van der Waals surface area contributed by atoms with E-state index in [0.717, 1.165) is 16.7 Å². The number of hydrogen-bond donors (Lipinski definition) is 0. The normalized spacial score (nSPS) is 13.1. The van der Waals surface area contributed by atoms with Gasteiger partial charge in [-0.05, 0) is 67.8 Å². The molecule has 8 aromatic carbocycles. The first kappa shape index (κ1) is 31.4. The van der Waals surface area contributed by atoms with Gasteiger partial charge in [0.1, 0.15) is 0 Å². The number of thiophene rings is 1. The third kappa shape index (κ3) is 4.42. The van der Waals surface area contributed by atoms with Gasteiger partial charge in [0.05, 0.1) is 5.41 Å². The first-order chi connectivity index (χ1) is 27.8. The van der Waals surface area contributed by atoms with E-state index in [1.807, 2.05) is 29.5 Å². The summed E-state index contributed by atoms with van der Waals surface area (Å²) in [5.74, 6) is 1.96. The first-order valence-electron chi connectivity index (χ1n) is 19.0. The summed E-state index contributed by atoms with van der Waals surface area (Å²) in [6.07, 6.45) is 0. The molecule has 0 saturated heterocycles. The van der Waals surface area contributed by atoms with E-state index < -0.39 is 5.41 Å². The molecule has 0 fully saturated rings. The van der Waals surface area contributed by atoms with Crippen molar-refractivity contribution >= 4 is 31.5 Å². The van der Waals surface area contributed by atoms with E-state index in [-0.39, 0.29) is 0 Å². The fourth-order valence-corrected chi connectivity index (χ4v) is 10.6. The predicted molar refractivity (Wildman–Crippen MR) is 231 cm³/mol. The summed E-state index contributed by atoms with van der Waals surface area (Å²) in [5.41, 5.74) is 15.1. The molecule has 0 aliphatic heterocycles. The number of benzene rings is 8. The zero-order valence-corrected chi connectivity index (χ0v) is 31.0. The molecule has 56 heavy (non-hydrogen) atoms. The summed E-state index contributed by atoms with van der Waals surface area (Å²) >= 11 is 1.85. The van der Waals surface area contributed by atoms with E-state index in [1.54, 1.807) is 0 Å². The fourth-order valence-electron chi connectivity index (χ4n) is 9.36. The number of fused-ring (bicyclic) bond motifs is 13. The highest BCUT2D eigenvalue weighted by Crippen LogP contribution is 2.63. The van der Waals surface area contributed by atoms with Crippen LogP contribution in [-0.4, -0.2) is 15.0 Å². The second kappa shape index (κ2) is 12.0. The second-order valence-corrected chi connectivity index (χ2v) is 15.7. The highest BCUT2D eigenvalue weighted by molar-refractivity contribution is 7.26. The topological polar surface area (TPSA) is 38.7 Å². The van der Waals surface area contributed by atoms with Crippen molar-refractivity contribution in [2.75, 3.05) is 0 Å². The standard InChI is InChI=1S/C52H31N3S/c1-2-13-33(14-3-1)49-53-50(34-27-25-32(26-28-34)36-19-12-20-42-41-18-7-11-24-47(41)56-48(36)42)55-51(54-49)35-29-30-40-39-17-6-10-23-45(39)52(46(40)31-35)43-21-8-4-15-37(43)38-16-5-9-22-44(38)52/h1-31H. The van der Waals surface area contributed by atoms with Gasteiger partial charge in [0.2, 0.25) is 0 Å². The molecule has 0 N–H and O–H groups in total. The Hall–Kier alpha value is -7.01. The van der Waals surface area contributed by atoms with Crippen LogP contribution >= 0.6 is 11.3 Å². The summed E-state index contributed by atoms with van der Waals surface area (Å²) in [4.78, 5) is 15.5. The van der Waals surface area contributed by atoms with Crippen LogP contribution in [0.1, 0.15) is 22.3 Å². The molecule has 0 unspecified atom stereocenters. The van der Waals surface area contributed by atoms with Gasteiger partial charge in [-0.25, -0.2) is 15.0 Å². The minimum absolute atomic E-state index is 0.444. The van der Waals surface area contributed by atoms with Gasteiger partial charge in [-0.3, -0.25) is 0 Å². The third-order valence-corrected chi connectivity index (χ3v) is 13.0. The summed E-state index contributed by atoms with van der Waals surface area (Å²) in [7, 11) is 0. The Balaban J connectivity index is 1.03. The van der Waals surface area contributed by atoms with Gasteiger partial charge in [0.25, 0.3) is 0 Å². The smallest absolute Gasteiger partial charge is 0.164 e. The largest absolute Gasteiger partial charge is 0.208 e. The van der Waals surface area contributed by atoms with Crippen LogP contribution in [0.3, 0.4) is 0 Å². The molecule has 1 spiro atoms. The van der Waals surface area contributed by atoms with Gasteiger partial charge in [-0.2, -0.15) is 0 Å². The quantitative estimate of drug-likeness (QED) is 0.181. The summed E-state index contributed by atoms with van der Waals surface area (Å²) in [6, 6.07) is 67.7. The van der Waals surface area contributed by atoms with Gasteiger partial charge in [-0.15, -0.1) is 11.3 Å². The van der Waals surface area contributed by atoms with Crippen LogP contribution < -0.4 is 0 Å². The molecule has 2 aromatic heterocycles. The molecular formula is C52H31N3S. The number of rotatable bonds is 4. The zero-order valence-electron chi connectivity index (χ0n) is 30.1. The Morgan fingerprint density at radius 3 is 1.45 bits per heavy atom. The summed E-state index contributed by atoms with van der Waals surface area (Å²) < 4.78 is 2.61. The lowest BCUT2D eigenvalue weighted by Gasteiger charge is -2.30. The van der Waals surface area contributed by atoms with E-state index in [9.17, 15) is 0 Å². The van der Waals surface area contributed by atoms with Crippen LogP contribution in [-0.2, 0) is 5.41 Å². The Morgan fingerprint density at radius 2 is 0.786 bits per heavy atom. The van der Waals surface area contributed by atoms with Crippen LogP contribution in [0.5, 0.6) is 0 Å². The molecule has 0 atom stereocenters. The van der Waals surface area contributed by atoms with E-state index in [0.29, 0.717) is 17.5 Å². The lowest BCUT2D eigenvalue weighted by Crippen LogP contribution is -2.25. The van der Waals surface area contributed by atoms with Crippen LogP contribution in [0.15, 0.2) is 188 Å². The highest BCUT2D eigenvalue weighted by atomic mass is 32.1. The Morgan fingerprint density at radius 1 is 0.321 bits per heavy atom. The van der Waals surface area contributed by atoms with Crippen molar-refractivity contribution in [3.8, 4) is 67.5 Å². The van der Waals surface area contributed by atoms with Crippen LogP contribution in [0.2, 0.25) is 0 Å². The molecule has 4 heteroatoms. The molecule has 3 nitrogen and oxygen atoms in total. The van der Waals surface area contributed by atoms with Crippen molar-refractivity contribution in [3.05, 3.63) is 210 Å². The molecule has 2 aliphatic carbocycles. The van der Waals surface area contributed by atoms with E-state index in [2.05, 4.69) is 170 Å². The minimum atomic E-state index is -0.444. The number of nitrogens with zero attached hydrogens (tertiary/aromatic N) is 3. The van der Waals surface area contributed by atoms with Gasteiger partial charge in [-0.1, -0.05) is 176 Å². The van der Waals surface area contributed by atoms with Gasteiger partial charge in [0.15, 0.2) is 17.5 Å². The average molecular weight is 730 g/mol. The van der Waals surface area contributed by atoms with Crippen LogP contribution in [0.4, 0.5) is 0 Å².